The van der Waals surface area contributed by atoms with E-state index in [9.17, 15) is 14.4 Å². The molecule has 2 aromatic heterocycles. The summed E-state index contributed by atoms with van der Waals surface area (Å²) in [5.74, 6) is -1.05. The van der Waals surface area contributed by atoms with Crippen molar-refractivity contribution in [1.29, 1.82) is 0 Å². The first-order valence-electron chi connectivity index (χ1n) is 9.62. The van der Waals surface area contributed by atoms with Gasteiger partial charge in [-0.25, -0.2) is 0 Å². The van der Waals surface area contributed by atoms with E-state index in [0.717, 1.165) is 10.8 Å². The zero-order valence-corrected chi connectivity index (χ0v) is 16.2. The van der Waals surface area contributed by atoms with Crippen LogP contribution in [0.5, 0.6) is 0 Å². The van der Waals surface area contributed by atoms with Gasteiger partial charge >= 0.3 is 0 Å². The first-order valence-corrected chi connectivity index (χ1v) is 9.62. The summed E-state index contributed by atoms with van der Waals surface area (Å²) in [4.78, 5) is 47.7. The lowest BCUT2D eigenvalue weighted by Gasteiger charge is -2.30. The topological polar surface area (TPSA) is 101 Å². The number of hydrogen-bond donors (Lipinski definition) is 1. The minimum absolute atomic E-state index is 0.191. The van der Waals surface area contributed by atoms with Gasteiger partial charge in [-0.15, -0.1) is 0 Å². The number of anilines is 1. The lowest BCUT2D eigenvalue weighted by molar-refractivity contribution is -0.134. The van der Waals surface area contributed by atoms with Gasteiger partial charge < -0.3 is 4.74 Å². The fourth-order valence-corrected chi connectivity index (χ4v) is 4.26. The summed E-state index contributed by atoms with van der Waals surface area (Å²) in [5, 5.41) is 3.83. The van der Waals surface area contributed by atoms with Crippen molar-refractivity contribution in [2.75, 3.05) is 12.0 Å². The molecule has 2 unspecified atom stereocenters. The SMILES string of the molecule is COC(c1ccccn1)c1ncc2c3c(cccc13)C(=O)N2C1CCC(=O)NC1=O. The Bertz CT molecular complexity index is 1190. The molecule has 2 aliphatic heterocycles. The second-order valence-electron chi connectivity index (χ2n) is 7.27. The molecule has 0 saturated carbocycles. The molecule has 8 heteroatoms. The summed E-state index contributed by atoms with van der Waals surface area (Å²) >= 11 is 0. The Hall–Kier alpha value is -3.65. The van der Waals surface area contributed by atoms with Crippen LogP contribution in [0.1, 0.15) is 40.7 Å². The number of piperidine rings is 1. The molecule has 0 bridgehead atoms. The van der Waals surface area contributed by atoms with Crippen molar-refractivity contribution in [3.63, 3.8) is 0 Å². The van der Waals surface area contributed by atoms with Crippen LogP contribution in [0.2, 0.25) is 0 Å². The second-order valence-corrected chi connectivity index (χ2v) is 7.27. The van der Waals surface area contributed by atoms with Gasteiger partial charge in [-0.1, -0.05) is 18.2 Å². The number of hydrogen-bond acceptors (Lipinski definition) is 6. The molecule has 2 aliphatic rings. The molecule has 3 amide bonds. The number of nitrogens with zero attached hydrogens (tertiary/aromatic N) is 3. The van der Waals surface area contributed by atoms with Gasteiger partial charge in [-0.2, -0.15) is 0 Å². The number of carbonyl (C=O) groups excluding carboxylic acids is 3. The van der Waals surface area contributed by atoms with Crippen molar-refractivity contribution in [2.24, 2.45) is 0 Å². The third kappa shape index (κ3) is 2.68. The second kappa shape index (κ2) is 7.00. The standard InChI is InChI=1S/C22H18N4O4/c1-30-20(14-7-2-3-10-23-14)19-12-5-4-6-13-18(12)16(11-24-19)26(22(13)29)15-8-9-17(27)25-21(15)28/h2-7,10-11,15,20H,8-9H2,1H3,(H,25,27,28). The molecule has 1 fully saturated rings. The number of carbonyl (C=O) groups is 3. The number of nitrogens with one attached hydrogen (secondary N) is 1. The monoisotopic (exact) mass is 402 g/mol. The lowest BCUT2D eigenvalue weighted by atomic mass is 10.0. The van der Waals surface area contributed by atoms with Crippen LogP contribution in [0, 0.1) is 0 Å². The maximum atomic E-state index is 13.2. The van der Waals surface area contributed by atoms with E-state index in [-0.39, 0.29) is 24.7 Å². The normalized spacial score (nSPS) is 19.3. The number of aromatic nitrogens is 2. The summed E-state index contributed by atoms with van der Waals surface area (Å²) < 4.78 is 5.70. The number of pyridine rings is 2. The molecule has 0 aliphatic carbocycles. The van der Waals surface area contributed by atoms with Gasteiger partial charge in [0.2, 0.25) is 11.8 Å². The Balaban J connectivity index is 1.65. The fourth-order valence-electron chi connectivity index (χ4n) is 4.26. The van der Waals surface area contributed by atoms with Crippen molar-refractivity contribution in [3.8, 4) is 0 Å². The van der Waals surface area contributed by atoms with Gasteiger partial charge in [-0.3, -0.25) is 34.6 Å². The Morgan fingerprint density at radius 2 is 2.00 bits per heavy atom. The van der Waals surface area contributed by atoms with Crippen LogP contribution in [-0.4, -0.2) is 40.8 Å². The number of imide groups is 1. The van der Waals surface area contributed by atoms with Crippen molar-refractivity contribution in [3.05, 3.63) is 65.7 Å². The van der Waals surface area contributed by atoms with Gasteiger partial charge in [0, 0.05) is 36.1 Å². The van der Waals surface area contributed by atoms with Crippen LogP contribution < -0.4 is 10.2 Å². The van der Waals surface area contributed by atoms with Crippen molar-refractivity contribution < 1.29 is 19.1 Å². The average Bonchev–Trinajstić information content (AvgIpc) is 3.04. The van der Waals surface area contributed by atoms with E-state index >= 15 is 0 Å². The van der Waals surface area contributed by atoms with Gasteiger partial charge in [0.05, 0.1) is 23.3 Å². The van der Waals surface area contributed by atoms with E-state index in [4.69, 9.17) is 4.74 Å². The maximum absolute atomic E-state index is 13.2. The summed E-state index contributed by atoms with van der Waals surface area (Å²) in [6.45, 7) is 0. The highest BCUT2D eigenvalue weighted by molar-refractivity contribution is 6.27. The van der Waals surface area contributed by atoms with E-state index in [2.05, 4.69) is 15.3 Å². The van der Waals surface area contributed by atoms with E-state index in [0.29, 0.717) is 22.6 Å². The molecule has 1 N–H and O–H groups in total. The number of methoxy groups -OCH3 is 1. The minimum atomic E-state index is -0.743. The highest BCUT2D eigenvalue weighted by Crippen LogP contribution is 2.42. The van der Waals surface area contributed by atoms with Crippen LogP contribution in [-0.2, 0) is 14.3 Å². The van der Waals surface area contributed by atoms with Gasteiger partial charge in [-0.05, 0) is 24.6 Å². The lowest BCUT2D eigenvalue weighted by Crippen LogP contribution is -2.53. The average molecular weight is 402 g/mol. The third-order valence-electron chi connectivity index (χ3n) is 5.59. The number of benzene rings is 1. The molecule has 0 radical (unpaired) electrons. The van der Waals surface area contributed by atoms with Gasteiger partial charge in [0.1, 0.15) is 12.1 Å². The Morgan fingerprint density at radius 1 is 1.13 bits per heavy atom. The van der Waals surface area contributed by atoms with Crippen LogP contribution in [0.4, 0.5) is 5.69 Å². The van der Waals surface area contributed by atoms with Gasteiger partial charge in [0.15, 0.2) is 0 Å². The molecule has 2 atom stereocenters. The highest BCUT2D eigenvalue weighted by Gasteiger charge is 2.41. The van der Waals surface area contributed by atoms with E-state index < -0.39 is 18.1 Å². The summed E-state index contributed by atoms with van der Waals surface area (Å²) in [6.07, 6.45) is 3.26. The van der Waals surface area contributed by atoms with E-state index in [1.165, 1.54) is 4.90 Å². The Labute approximate surface area is 171 Å². The molecule has 3 aromatic rings. The first-order chi connectivity index (χ1) is 14.6. The smallest absolute Gasteiger partial charge is 0.259 e. The molecular formula is C22H18N4O4. The number of ether oxygens (including phenoxy) is 1. The molecular weight excluding hydrogens is 384 g/mol. The molecule has 1 saturated heterocycles. The number of rotatable bonds is 4. The fraction of sp³-hybridized carbons (Fsp3) is 0.227. The molecule has 1 aromatic carbocycles. The predicted molar refractivity (Wildman–Crippen MR) is 108 cm³/mol. The summed E-state index contributed by atoms with van der Waals surface area (Å²) in [5.41, 5.74) is 2.43. The van der Waals surface area contributed by atoms with Crippen LogP contribution in [0.25, 0.3) is 10.8 Å². The number of amides is 3. The van der Waals surface area contributed by atoms with Crippen molar-refractivity contribution in [2.45, 2.75) is 25.0 Å². The van der Waals surface area contributed by atoms with Crippen LogP contribution in [0.3, 0.4) is 0 Å². The quantitative estimate of drug-likeness (QED) is 0.671. The zero-order valence-electron chi connectivity index (χ0n) is 16.2. The summed E-state index contributed by atoms with van der Waals surface area (Å²) in [7, 11) is 1.59. The molecule has 5 rings (SSSR count). The van der Waals surface area contributed by atoms with Crippen LogP contribution in [0.15, 0.2) is 48.8 Å². The highest BCUT2D eigenvalue weighted by atomic mass is 16.5. The molecule has 30 heavy (non-hydrogen) atoms. The predicted octanol–water partition coefficient (Wildman–Crippen LogP) is 2.13. The first kappa shape index (κ1) is 18.4. The molecule has 150 valence electrons. The molecule has 8 nitrogen and oxygen atoms in total. The van der Waals surface area contributed by atoms with Gasteiger partial charge in [0.25, 0.3) is 5.91 Å². The Morgan fingerprint density at radius 3 is 2.73 bits per heavy atom. The minimum Gasteiger partial charge on any atom is -0.369 e. The molecule has 4 heterocycles. The van der Waals surface area contributed by atoms with E-state index in [1.807, 2.05) is 24.3 Å². The van der Waals surface area contributed by atoms with Crippen molar-refractivity contribution in [1.82, 2.24) is 15.3 Å². The largest absolute Gasteiger partial charge is 0.369 e. The maximum Gasteiger partial charge on any atom is 0.259 e. The third-order valence-corrected chi connectivity index (χ3v) is 5.59. The molecule has 0 spiro atoms. The van der Waals surface area contributed by atoms with Crippen molar-refractivity contribution >= 4 is 34.2 Å². The zero-order chi connectivity index (χ0) is 20.8. The van der Waals surface area contributed by atoms with Crippen LogP contribution >= 0.6 is 0 Å². The Kier molecular flexibility index (Phi) is 4.29. The van der Waals surface area contributed by atoms with E-state index in [1.54, 1.807) is 31.6 Å². The summed E-state index contributed by atoms with van der Waals surface area (Å²) in [6, 6.07) is 10.3.